The molecule has 0 bridgehead atoms. The molecule has 3 nitrogen and oxygen atoms in total. The van der Waals surface area contributed by atoms with Crippen molar-refractivity contribution in [2.24, 2.45) is 10.8 Å². The zero-order chi connectivity index (χ0) is 28.3. The average molecular weight is 541 g/mol. The second kappa shape index (κ2) is 11.3. The molecule has 4 heteroatoms. The molecular weight excluding hydrogens is 496 g/mol. The Morgan fingerprint density at radius 3 is 1.92 bits per heavy atom. The molecule has 2 atom stereocenters. The summed E-state index contributed by atoms with van der Waals surface area (Å²) in [6.07, 6.45) is 3.26. The van der Waals surface area contributed by atoms with Crippen LogP contribution in [0.15, 0.2) is 91.5 Å². The lowest BCUT2D eigenvalue weighted by atomic mass is 9.60. The summed E-state index contributed by atoms with van der Waals surface area (Å²) >= 11 is 0. The Morgan fingerprint density at radius 2 is 1.44 bits per heavy atom. The number of Topliss-reactive ketones (excluding diaryl/α,β-unsaturated/α-hetero) is 1. The number of ketones is 1. The zero-order valence-electron chi connectivity index (χ0n) is 24.6. The predicted molar refractivity (Wildman–Crippen MR) is 165 cm³/mol. The van der Waals surface area contributed by atoms with Gasteiger partial charge in [0.2, 0.25) is 0 Å². The van der Waals surface area contributed by atoms with E-state index in [2.05, 4.69) is 102 Å². The number of benzene rings is 3. The smallest absolute Gasteiger partial charge is 0.261 e. The molecule has 0 saturated heterocycles. The van der Waals surface area contributed by atoms with Crippen LogP contribution in [0, 0.1) is 10.8 Å². The van der Waals surface area contributed by atoms with E-state index >= 15 is 0 Å². The third-order valence-corrected chi connectivity index (χ3v) is 14.4. The van der Waals surface area contributed by atoms with Crippen molar-refractivity contribution in [1.82, 2.24) is 0 Å². The van der Waals surface area contributed by atoms with Crippen LogP contribution >= 0.6 is 0 Å². The quantitative estimate of drug-likeness (QED) is 0.198. The molecule has 1 aliphatic carbocycles. The second-order valence-electron chi connectivity index (χ2n) is 12.4. The van der Waals surface area contributed by atoms with E-state index in [9.17, 15) is 4.79 Å². The minimum atomic E-state index is -2.58. The average Bonchev–Trinajstić information content (AvgIpc) is 3.18. The van der Waals surface area contributed by atoms with Crippen LogP contribution in [0.1, 0.15) is 65.9 Å². The number of carbonyl (C=O) groups is 1. The highest BCUT2D eigenvalue weighted by Crippen LogP contribution is 2.59. The molecule has 0 amide bonds. The summed E-state index contributed by atoms with van der Waals surface area (Å²) in [6, 6.07) is 29.5. The zero-order valence-corrected chi connectivity index (χ0v) is 25.6. The summed E-state index contributed by atoms with van der Waals surface area (Å²) in [6.45, 7) is 16.4. The van der Waals surface area contributed by atoms with Gasteiger partial charge in [-0.1, -0.05) is 107 Å². The monoisotopic (exact) mass is 540 g/mol. The summed E-state index contributed by atoms with van der Waals surface area (Å²) in [5.74, 6) is 1.09. The molecule has 0 heterocycles. The van der Waals surface area contributed by atoms with Crippen molar-refractivity contribution in [2.45, 2.75) is 65.3 Å². The Morgan fingerprint density at radius 1 is 0.897 bits per heavy atom. The molecule has 1 saturated carbocycles. The van der Waals surface area contributed by atoms with Crippen LogP contribution in [0.4, 0.5) is 0 Å². The highest BCUT2D eigenvalue weighted by Gasteiger charge is 2.56. The Kier molecular flexibility index (Phi) is 8.39. The lowest BCUT2D eigenvalue weighted by Gasteiger charge is -2.44. The third-order valence-electron chi connectivity index (χ3n) is 9.32. The van der Waals surface area contributed by atoms with E-state index in [1.165, 1.54) is 10.4 Å². The van der Waals surface area contributed by atoms with Crippen molar-refractivity contribution < 1.29 is 14.0 Å². The minimum Gasteiger partial charge on any atom is -0.497 e. The standard InChI is InChI=1S/C35H44O3Si/c1-27(28-19-21-29(37-7)22-20-28)35(6)32(36)23-25-34(35,5)24-14-26-38-39(33(2,3)4,30-15-10-8-11-16-30)31-17-12-9-13-18-31/h8-13,15-22H,1,14,23-26H2,2-7H3/t34-,35+/m0/s1. The fourth-order valence-electron chi connectivity index (χ4n) is 6.66. The van der Waals surface area contributed by atoms with E-state index in [1.807, 2.05) is 24.3 Å². The molecule has 0 radical (unpaired) electrons. The van der Waals surface area contributed by atoms with Crippen molar-refractivity contribution in [3.63, 3.8) is 0 Å². The maximum absolute atomic E-state index is 13.4. The van der Waals surface area contributed by atoms with Gasteiger partial charge in [0.15, 0.2) is 0 Å². The van der Waals surface area contributed by atoms with E-state index in [-0.39, 0.29) is 10.5 Å². The molecule has 0 aromatic heterocycles. The fraction of sp³-hybridized carbons (Fsp3) is 0.400. The van der Waals surface area contributed by atoms with Gasteiger partial charge in [-0.3, -0.25) is 4.79 Å². The summed E-state index contributed by atoms with van der Waals surface area (Å²) in [5.41, 5.74) is 1.11. The lowest BCUT2D eigenvalue weighted by Crippen LogP contribution is -2.66. The number of ether oxygens (including phenoxy) is 1. The van der Waals surface area contributed by atoms with Crippen LogP contribution in [0.25, 0.3) is 5.57 Å². The second-order valence-corrected chi connectivity index (χ2v) is 16.7. The molecule has 1 aliphatic rings. The van der Waals surface area contributed by atoms with Gasteiger partial charge in [0.1, 0.15) is 11.5 Å². The highest BCUT2D eigenvalue weighted by molar-refractivity contribution is 6.99. The van der Waals surface area contributed by atoms with Gasteiger partial charge in [0.05, 0.1) is 12.5 Å². The van der Waals surface area contributed by atoms with Crippen LogP contribution < -0.4 is 15.1 Å². The summed E-state index contributed by atoms with van der Waals surface area (Å²) < 4.78 is 12.5. The lowest BCUT2D eigenvalue weighted by molar-refractivity contribution is -0.125. The first-order valence-corrected chi connectivity index (χ1v) is 16.0. The third kappa shape index (κ3) is 5.17. The Hall–Kier alpha value is -2.95. The molecule has 3 aromatic rings. The Labute approximate surface area is 236 Å². The number of rotatable bonds is 10. The molecule has 0 N–H and O–H groups in total. The van der Waals surface area contributed by atoms with Crippen molar-refractivity contribution in [2.75, 3.05) is 13.7 Å². The first kappa shape index (κ1) is 29.0. The van der Waals surface area contributed by atoms with E-state index in [1.54, 1.807) is 7.11 Å². The van der Waals surface area contributed by atoms with Gasteiger partial charge in [0, 0.05) is 13.0 Å². The van der Waals surface area contributed by atoms with Gasteiger partial charge in [-0.15, -0.1) is 0 Å². The molecule has 206 valence electrons. The van der Waals surface area contributed by atoms with Crippen LogP contribution in [-0.4, -0.2) is 27.8 Å². The Balaban J connectivity index is 1.58. The largest absolute Gasteiger partial charge is 0.497 e. The van der Waals surface area contributed by atoms with E-state index in [0.29, 0.717) is 18.8 Å². The molecule has 0 aliphatic heterocycles. The molecule has 4 rings (SSSR count). The molecule has 0 spiro atoms. The number of hydrogen-bond donors (Lipinski definition) is 0. The first-order valence-electron chi connectivity index (χ1n) is 14.1. The molecule has 39 heavy (non-hydrogen) atoms. The van der Waals surface area contributed by atoms with Crippen LogP contribution in [0.3, 0.4) is 0 Å². The van der Waals surface area contributed by atoms with E-state index in [4.69, 9.17) is 9.16 Å². The summed E-state index contributed by atoms with van der Waals surface area (Å²) in [5, 5.41) is 2.53. The van der Waals surface area contributed by atoms with Gasteiger partial charge in [-0.2, -0.15) is 0 Å². The van der Waals surface area contributed by atoms with Gasteiger partial charge in [0.25, 0.3) is 8.32 Å². The number of allylic oxidation sites excluding steroid dienone is 1. The molecule has 1 fully saturated rings. The first-order chi connectivity index (χ1) is 18.5. The van der Waals surface area contributed by atoms with Gasteiger partial charge in [-0.25, -0.2) is 0 Å². The van der Waals surface area contributed by atoms with Gasteiger partial charge < -0.3 is 9.16 Å². The highest BCUT2D eigenvalue weighted by atomic mass is 28.4. The van der Waals surface area contributed by atoms with Crippen molar-refractivity contribution in [3.05, 3.63) is 97.1 Å². The molecule has 0 unspecified atom stereocenters. The SMILES string of the molecule is C=C(c1ccc(OC)cc1)[C@]1(C)C(=O)CC[C@]1(C)CCCO[Si](c1ccccc1)(c1ccccc1)C(C)(C)C. The van der Waals surface area contributed by atoms with Crippen molar-refractivity contribution in [1.29, 1.82) is 0 Å². The van der Waals surface area contributed by atoms with Gasteiger partial charge >= 0.3 is 0 Å². The summed E-state index contributed by atoms with van der Waals surface area (Å²) in [7, 11) is -0.915. The van der Waals surface area contributed by atoms with Crippen LogP contribution in [0.5, 0.6) is 5.75 Å². The predicted octanol–water partition coefficient (Wildman–Crippen LogP) is 7.44. The van der Waals surface area contributed by atoms with Crippen molar-refractivity contribution >= 4 is 30.0 Å². The van der Waals surface area contributed by atoms with Crippen LogP contribution in [0.2, 0.25) is 5.04 Å². The topological polar surface area (TPSA) is 35.5 Å². The van der Waals surface area contributed by atoms with Crippen LogP contribution in [-0.2, 0) is 9.22 Å². The van der Waals surface area contributed by atoms with Gasteiger partial charge in [-0.05, 0) is 70.3 Å². The maximum atomic E-state index is 13.4. The number of methoxy groups -OCH3 is 1. The Bertz CT molecular complexity index is 1240. The normalized spacial score (nSPS) is 21.6. The van der Waals surface area contributed by atoms with E-state index in [0.717, 1.165) is 36.1 Å². The number of hydrogen-bond acceptors (Lipinski definition) is 3. The van der Waals surface area contributed by atoms with E-state index < -0.39 is 13.7 Å². The molecule has 3 aromatic carbocycles. The molecular formula is C35H44O3Si. The number of carbonyl (C=O) groups excluding carboxylic acids is 1. The minimum absolute atomic E-state index is 0.0555. The van der Waals surface area contributed by atoms with Crippen molar-refractivity contribution in [3.8, 4) is 5.75 Å². The summed E-state index contributed by atoms with van der Waals surface area (Å²) in [4.78, 5) is 13.4. The maximum Gasteiger partial charge on any atom is 0.261 e. The fourth-order valence-corrected chi connectivity index (χ4v) is 11.3.